The number of hydrogen-bond donors (Lipinski definition) is 0. The molecule has 0 nitrogen and oxygen atoms in total. The van der Waals surface area contributed by atoms with Crippen molar-refractivity contribution < 1.29 is 0 Å². The van der Waals surface area contributed by atoms with Gasteiger partial charge in [-0.1, -0.05) is 37.9 Å². The minimum Gasteiger partial charge on any atom is -0.0654 e. The van der Waals surface area contributed by atoms with E-state index in [0.29, 0.717) is 0 Å². The zero-order valence-electron chi connectivity index (χ0n) is 5.28. The van der Waals surface area contributed by atoms with Gasteiger partial charge in [-0.15, -0.1) is 0 Å². The van der Waals surface area contributed by atoms with E-state index in [2.05, 4.69) is 13.8 Å². The third kappa shape index (κ3) is 1.06. The molecule has 1 heterocycles. The van der Waals surface area contributed by atoms with Crippen LogP contribution in [0.3, 0.4) is 0 Å². The van der Waals surface area contributed by atoms with E-state index in [4.69, 9.17) is 0 Å². The Labute approximate surface area is 47.5 Å². The average Bonchev–Trinajstić information content (AvgIpc) is 1.23. The Morgan fingerprint density at radius 3 is 1.86 bits per heavy atom. The van der Waals surface area contributed by atoms with Crippen LogP contribution >= 0.6 is 0 Å². The predicted molar refractivity (Wildman–Crippen MR) is 36.5 cm³/mol. The third-order valence-corrected chi connectivity index (χ3v) is 6.28. The van der Waals surface area contributed by atoms with Crippen molar-refractivity contribution in [2.45, 2.75) is 37.9 Å². The first-order chi connectivity index (χ1) is 3.30. The summed E-state index contributed by atoms with van der Waals surface area (Å²) in [6.07, 6.45) is 1.55. The molecule has 0 saturated carbocycles. The van der Waals surface area contributed by atoms with Crippen molar-refractivity contribution in [2.24, 2.45) is 0 Å². The molecule has 0 atom stereocenters. The van der Waals surface area contributed by atoms with Gasteiger partial charge in [0.15, 0.2) is 0 Å². The minimum atomic E-state index is -0.0741. The molecule has 0 radical (unpaired) electrons. The molecular formula is C6H14Si. The highest BCUT2D eigenvalue weighted by Gasteiger charge is 2.21. The Kier molecular flexibility index (Phi) is 1.52. The van der Waals surface area contributed by atoms with E-state index in [-0.39, 0.29) is 8.80 Å². The molecule has 42 valence electrons. The van der Waals surface area contributed by atoms with Crippen LogP contribution in [0.15, 0.2) is 0 Å². The summed E-state index contributed by atoms with van der Waals surface area (Å²) >= 11 is 0. The Morgan fingerprint density at radius 2 is 1.86 bits per heavy atom. The van der Waals surface area contributed by atoms with Crippen LogP contribution < -0.4 is 0 Å². The summed E-state index contributed by atoms with van der Waals surface area (Å²) in [4.78, 5) is 0. The number of hydrogen-bond acceptors (Lipinski definition) is 0. The molecule has 0 unspecified atom stereocenters. The topological polar surface area (TPSA) is 0 Å². The van der Waals surface area contributed by atoms with Gasteiger partial charge in [0.05, 0.1) is 0 Å². The predicted octanol–water partition coefficient (Wildman–Crippen LogP) is 2.03. The van der Waals surface area contributed by atoms with E-state index in [1.807, 2.05) is 0 Å². The largest absolute Gasteiger partial charge is 0.0654 e. The van der Waals surface area contributed by atoms with E-state index < -0.39 is 0 Å². The lowest BCUT2D eigenvalue weighted by Crippen LogP contribution is -2.24. The molecule has 1 saturated heterocycles. The molecule has 0 aliphatic carbocycles. The molecule has 1 aliphatic rings. The molecule has 0 amide bonds. The maximum absolute atomic E-state index is 2.38. The Bertz CT molecular complexity index is 55.2. The molecule has 1 aliphatic heterocycles. The molecule has 1 heteroatoms. The van der Waals surface area contributed by atoms with Gasteiger partial charge >= 0.3 is 0 Å². The van der Waals surface area contributed by atoms with E-state index in [0.717, 1.165) is 5.54 Å². The molecule has 0 aromatic heterocycles. The fourth-order valence-electron chi connectivity index (χ4n) is 1.11. The number of rotatable bonds is 1. The van der Waals surface area contributed by atoms with Crippen molar-refractivity contribution in [1.82, 2.24) is 0 Å². The first kappa shape index (κ1) is 5.36. The lowest BCUT2D eigenvalue weighted by Gasteiger charge is -2.26. The zero-order valence-corrected chi connectivity index (χ0v) is 6.43. The van der Waals surface area contributed by atoms with E-state index in [1.54, 1.807) is 18.5 Å². The summed E-state index contributed by atoms with van der Waals surface area (Å²) in [5, 5.41) is 0. The van der Waals surface area contributed by atoms with Crippen LogP contribution in [-0.4, -0.2) is 8.80 Å². The highest BCUT2D eigenvalue weighted by atomic mass is 28.3. The summed E-state index contributed by atoms with van der Waals surface area (Å²) in [5.41, 5.74) is 1.09. The molecule has 0 N–H and O–H groups in total. The van der Waals surface area contributed by atoms with Crippen LogP contribution in [0, 0.1) is 0 Å². The molecule has 0 spiro atoms. The van der Waals surface area contributed by atoms with Gasteiger partial charge in [0.2, 0.25) is 0 Å². The summed E-state index contributed by atoms with van der Waals surface area (Å²) in [6, 6.07) is 3.27. The van der Waals surface area contributed by atoms with Gasteiger partial charge < -0.3 is 0 Å². The lowest BCUT2D eigenvalue weighted by molar-refractivity contribution is 0.862. The Morgan fingerprint density at radius 1 is 1.29 bits per heavy atom. The Balaban J connectivity index is 2.14. The monoisotopic (exact) mass is 114 g/mol. The van der Waals surface area contributed by atoms with E-state index >= 15 is 0 Å². The van der Waals surface area contributed by atoms with Crippen LogP contribution in [0.1, 0.15) is 20.3 Å². The second-order valence-corrected chi connectivity index (χ2v) is 6.94. The van der Waals surface area contributed by atoms with Crippen LogP contribution in [0.25, 0.3) is 0 Å². The van der Waals surface area contributed by atoms with Gasteiger partial charge in [-0.3, -0.25) is 0 Å². The quantitative estimate of drug-likeness (QED) is 0.458. The average molecular weight is 114 g/mol. The van der Waals surface area contributed by atoms with Crippen molar-refractivity contribution in [2.75, 3.05) is 0 Å². The summed E-state index contributed by atoms with van der Waals surface area (Å²) in [7, 11) is -0.0741. The highest BCUT2D eigenvalue weighted by molar-refractivity contribution is 6.63. The first-order valence-corrected chi connectivity index (χ1v) is 5.60. The molecule has 0 aromatic rings. The fraction of sp³-hybridized carbons (Fsp3) is 1.00. The van der Waals surface area contributed by atoms with Crippen molar-refractivity contribution in [1.29, 1.82) is 0 Å². The zero-order chi connectivity index (χ0) is 5.28. The van der Waals surface area contributed by atoms with Crippen molar-refractivity contribution in [3.8, 4) is 0 Å². The Hall–Kier alpha value is 0.217. The van der Waals surface area contributed by atoms with Crippen molar-refractivity contribution >= 4 is 8.80 Å². The van der Waals surface area contributed by atoms with E-state index in [9.17, 15) is 0 Å². The van der Waals surface area contributed by atoms with Crippen molar-refractivity contribution in [3.63, 3.8) is 0 Å². The molecule has 0 bridgehead atoms. The SMILES string of the molecule is CC(C)[SiH]1CCC1. The van der Waals surface area contributed by atoms with Gasteiger partial charge in [0.1, 0.15) is 0 Å². The molecule has 0 aromatic carbocycles. The van der Waals surface area contributed by atoms with Gasteiger partial charge in [-0.2, -0.15) is 0 Å². The van der Waals surface area contributed by atoms with Gasteiger partial charge in [0, 0.05) is 8.80 Å². The maximum Gasteiger partial charge on any atom is 0.0393 e. The molecule has 1 rings (SSSR count). The van der Waals surface area contributed by atoms with Gasteiger partial charge in [0.25, 0.3) is 0 Å². The molecule has 7 heavy (non-hydrogen) atoms. The van der Waals surface area contributed by atoms with Crippen LogP contribution in [-0.2, 0) is 0 Å². The van der Waals surface area contributed by atoms with Crippen LogP contribution in [0.2, 0.25) is 17.6 Å². The third-order valence-electron chi connectivity index (χ3n) is 2.09. The van der Waals surface area contributed by atoms with Gasteiger partial charge in [-0.25, -0.2) is 0 Å². The highest BCUT2D eigenvalue weighted by Crippen LogP contribution is 2.28. The summed E-state index contributed by atoms with van der Waals surface area (Å²) in [6.45, 7) is 4.77. The second-order valence-electron chi connectivity index (χ2n) is 2.94. The van der Waals surface area contributed by atoms with Crippen LogP contribution in [0.4, 0.5) is 0 Å². The summed E-state index contributed by atoms with van der Waals surface area (Å²) < 4.78 is 0. The fourth-order valence-corrected chi connectivity index (χ4v) is 3.32. The lowest BCUT2D eigenvalue weighted by atomic mass is 10.5. The second kappa shape index (κ2) is 1.99. The van der Waals surface area contributed by atoms with Crippen molar-refractivity contribution in [3.05, 3.63) is 0 Å². The molecule has 1 fully saturated rings. The minimum absolute atomic E-state index is 0.0741. The smallest absolute Gasteiger partial charge is 0.0393 e. The van der Waals surface area contributed by atoms with Gasteiger partial charge in [-0.05, 0) is 0 Å². The summed E-state index contributed by atoms with van der Waals surface area (Å²) in [5.74, 6) is 0. The molecular weight excluding hydrogens is 100 g/mol. The van der Waals surface area contributed by atoms with E-state index in [1.165, 1.54) is 0 Å². The maximum atomic E-state index is 2.38. The normalized spacial score (nSPS) is 22.7. The van der Waals surface area contributed by atoms with Crippen LogP contribution in [0.5, 0.6) is 0 Å². The standard InChI is InChI=1S/C6H14Si/c1-6(2)7-4-3-5-7/h6-7H,3-5H2,1-2H3. The first-order valence-electron chi connectivity index (χ1n) is 3.30.